The number of fused-ring (bicyclic) bond motifs is 2. The van der Waals surface area contributed by atoms with Crippen LogP contribution in [-0.2, 0) is 19.2 Å². The van der Waals surface area contributed by atoms with E-state index >= 15 is 0 Å². The van der Waals surface area contributed by atoms with Gasteiger partial charge in [0.1, 0.15) is 11.6 Å². The van der Waals surface area contributed by atoms with E-state index in [0.717, 1.165) is 31.3 Å². The fourth-order valence-corrected chi connectivity index (χ4v) is 4.40. The van der Waals surface area contributed by atoms with Gasteiger partial charge in [0.05, 0.1) is 0 Å². The molecule has 0 aliphatic rings. The number of benzene rings is 2. The van der Waals surface area contributed by atoms with E-state index in [1.807, 2.05) is 44.4 Å². The van der Waals surface area contributed by atoms with Crippen LogP contribution in [-0.4, -0.2) is 23.3 Å². The number of aryl methyl sites for hydroxylation is 3. The average Bonchev–Trinajstić information content (AvgIpc) is 3.30. The maximum absolute atomic E-state index is 13.1. The van der Waals surface area contributed by atoms with Crippen molar-refractivity contribution in [3.63, 3.8) is 0 Å². The van der Waals surface area contributed by atoms with Gasteiger partial charge >= 0.3 is 31.2 Å². The van der Waals surface area contributed by atoms with E-state index in [1.54, 1.807) is 22.7 Å². The monoisotopic (exact) mass is 476 g/mol. The molecule has 3 N–H and O–H groups in total. The molecule has 6 nitrogen and oxygen atoms in total. The summed E-state index contributed by atoms with van der Waals surface area (Å²) in [6.07, 6.45) is 0.500. The fourth-order valence-electron chi connectivity index (χ4n) is 2.50. The van der Waals surface area contributed by atoms with E-state index in [4.69, 9.17) is 19.2 Å². The van der Waals surface area contributed by atoms with Crippen LogP contribution in [0.1, 0.15) is 16.0 Å². The minimum atomic E-state index is -0.111. The standard InChI is InChI=1S/C10H9FS.C9H7FS.2CO2.Li.2H2O/c1-6-5-8-3-4-9(11)7(2)10(8)12-6;1-6-8(10)3-2-7-4-5-11-9(6)7;2*2-1-3;;;/h3-5H,1-2H3;2-5H,1H3;;;;2*1H2/q;;;;+1;;/p-1. The second-order valence-electron chi connectivity index (χ2n) is 5.63. The molecule has 2 aromatic heterocycles. The topological polar surface area (TPSA) is 130 Å². The minimum absolute atomic E-state index is 0. The Morgan fingerprint density at radius 2 is 1.19 bits per heavy atom. The minimum Gasteiger partial charge on any atom is -0.870 e. The first kappa shape index (κ1) is 34.1. The van der Waals surface area contributed by atoms with Crippen molar-refractivity contribution in [1.29, 1.82) is 0 Å². The van der Waals surface area contributed by atoms with Crippen LogP contribution in [0.25, 0.3) is 20.2 Å². The molecule has 32 heavy (non-hydrogen) atoms. The molecule has 0 radical (unpaired) electrons. The van der Waals surface area contributed by atoms with Crippen LogP contribution in [0, 0.1) is 32.4 Å². The molecule has 0 aliphatic carbocycles. The van der Waals surface area contributed by atoms with Gasteiger partial charge in [-0.1, -0.05) is 12.1 Å². The Balaban J connectivity index is -0.000000394. The van der Waals surface area contributed by atoms with Gasteiger partial charge in [-0.2, -0.15) is 19.2 Å². The molecule has 0 fully saturated rings. The van der Waals surface area contributed by atoms with E-state index < -0.39 is 0 Å². The molecular weight excluding hydrogens is 457 g/mol. The molecule has 11 heteroatoms. The molecular formula is C21H19F2LiO6S2. The third kappa shape index (κ3) is 9.33. The van der Waals surface area contributed by atoms with Crippen molar-refractivity contribution < 1.29 is 57.8 Å². The molecule has 4 rings (SSSR count). The van der Waals surface area contributed by atoms with Crippen LogP contribution in [0.2, 0.25) is 0 Å². The summed E-state index contributed by atoms with van der Waals surface area (Å²) in [6, 6.07) is 10.8. The Labute approximate surface area is 202 Å². The zero-order valence-electron chi connectivity index (χ0n) is 17.7. The number of thiophene rings is 2. The fraction of sp³-hybridized carbons (Fsp3) is 0.143. The van der Waals surface area contributed by atoms with Crippen LogP contribution in [0.4, 0.5) is 8.78 Å². The number of halogens is 2. The number of carbonyl (C=O) groups excluding carboxylic acids is 4. The van der Waals surface area contributed by atoms with Gasteiger partial charge in [0.25, 0.3) is 0 Å². The molecule has 0 saturated carbocycles. The third-order valence-electron chi connectivity index (χ3n) is 3.80. The van der Waals surface area contributed by atoms with Crippen LogP contribution >= 0.6 is 22.7 Å². The molecule has 0 amide bonds. The predicted molar refractivity (Wildman–Crippen MR) is 113 cm³/mol. The Hall–Kier alpha value is -2.50. The SMILES string of the molecule is Cc1c(F)ccc2ccsc12.Cc1cc2ccc(F)c(C)c2s1.O.O=C=O.O=C=O.[Li+].[OH-]. The van der Waals surface area contributed by atoms with Gasteiger partial charge in [-0.3, -0.25) is 0 Å². The van der Waals surface area contributed by atoms with Gasteiger partial charge in [0.15, 0.2) is 0 Å². The van der Waals surface area contributed by atoms with Crippen LogP contribution < -0.4 is 18.9 Å². The zero-order valence-corrected chi connectivity index (χ0v) is 19.3. The Kier molecular flexibility index (Phi) is 18.2. The summed E-state index contributed by atoms with van der Waals surface area (Å²) in [5, 5.41) is 4.27. The van der Waals surface area contributed by atoms with Crippen molar-refractivity contribution in [3.8, 4) is 0 Å². The summed E-state index contributed by atoms with van der Waals surface area (Å²) in [4.78, 5) is 33.7. The molecule has 0 unspecified atom stereocenters. The smallest absolute Gasteiger partial charge is 0.870 e. The molecule has 0 bridgehead atoms. The van der Waals surface area contributed by atoms with Crippen LogP contribution in [0.3, 0.4) is 0 Å². The van der Waals surface area contributed by atoms with Crippen molar-refractivity contribution in [2.24, 2.45) is 0 Å². The third-order valence-corrected chi connectivity index (χ3v) is 6.03. The Morgan fingerprint density at radius 3 is 1.69 bits per heavy atom. The van der Waals surface area contributed by atoms with Crippen LogP contribution in [0.5, 0.6) is 0 Å². The number of hydrogen-bond acceptors (Lipinski definition) is 7. The molecule has 0 spiro atoms. The van der Waals surface area contributed by atoms with Crippen molar-refractivity contribution >= 4 is 55.1 Å². The van der Waals surface area contributed by atoms with E-state index in [1.165, 1.54) is 17.0 Å². The van der Waals surface area contributed by atoms with Gasteiger partial charge in [0.2, 0.25) is 0 Å². The molecule has 0 aliphatic heterocycles. The van der Waals surface area contributed by atoms with Crippen molar-refractivity contribution in [1.82, 2.24) is 0 Å². The van der Waals surface area contributed by atoms with E-state index in [-0.39, 0.29) is 53.8 Å². The quantitative estimate of drug-likeness (QED) is 0.358. The van der Waals surface area contributed by atoms with Crippen molar-refractivity contribution in [2.45, 2.75) is 20.8 Å². The summed E-state index contributed by atoms with van der Waals surface area (Å²) in [7, 11) is 0. The second kappa shape index (κ2) is 17.1. The van der Waals surface area contributed by atoms with Crippen molar-refractivity contribution in [2.75, 3.05) is 0 Å². The Morgan fingerprint density at radius 1 is 0.750 bits per heavy atom. The number of rotatable bonds is 0. The summed E-state index contributed by atoms with van der Waals surface area (Å²) in [5.74, 6) is -0.218. The van der Waals surface area contributed by atoms with Crippen molar-refractivity contribution in [3.05, 3.63) is 69.4 Å². The molecule has 2 aromatic carbocycles. The van der Waals surface area contributed by atoms with Gasteiger partial charge in [0, 0.05) is 25.4 Å². The first-order valence-corrected chi connectivity index (χ1v) is 9.76. The van der Waals surface area contributed by atoms with Crippen LogP contribution in [0.15, 0.2) is 41.8 Å². The second-order valence-corrected chi connectivity index (χ2v) is 7.80. The normalized spacial score (nSPS) is 8.28. The average molecular weight is 476 g/mol. The Bertz CT molecular complexity index is 1170. The summed E-state index contributed by atoms with van der Waals surface area (Å²) < 4.78 is 28.1. The molecule has 2 heterocycles. The van der Waals surface area contributed by atoms with Gasteiger partial charge in [-0.25, -0.2) is 8.78 Å². The first-order valence-electron chi connectivity index (χ1n) is 8.06. The number of hydrogen-bond donors (Lipinski definition) is 0. The molecule has 4 aromatic rings. The van der Waals surface area contributed by atoms with E-state index in [2.05, 4.69) is 6.07 Å². The first-order chi connectivity index (χ1) is 13.8. The summed E-state index contributed by atoms with van der Waals surface area (Å²) in [5.41, 5.74) is 1.53. The van der Waals surface area contributed by atoms with E-state index in [0.29, 0.717) is 0 Å². The summed E-state index contributed by atoms with van der Waals surface area (Å²) >= 11 is 3.24. The van der Waals surface area contributed by atoms with Gasteiger partial charge < -0.3 is 11.0 Å². The van der Waals surface area contributed by atoms with Gasteiger partial charge in [-0.05, 0) is 61.2 Å². The van der Waals surface area contributed by atoms with E-state index in [9.17, 15) is 8.78 Å². The predicted octanol–water partition coefficient (Wildman–Crippen LogP) is 1.84. The summed E-state index contributed by atoms with van der Waals surface area (Å²) in [6.45, 7) is 5.68. The maximum atomic E-state index is 13.1. The maximum Gasteiger partial charge on any atom is 1.00 e. The molecule has 0 atom stereocenters. The van der Waals surface area contributed by atoms with Gasteiger partial charge in [-0.15, -0.1) is 22.7 Å². The zero-order chi connectivity index (χ0) is 22.0. The molecule has 0 saturated heterocycles. The largest absolute Gasteiger partial charge is 1.00 e. The molecule has 166 valence electrons.